The number of aromatic nitrogens is 2. The maximum absolute atomic E-state index is 12.8. The second-order valence-corrected chi connectivity index (χ2v) is 9.33. The maximum Gasteiger partial charge on any atom is 0.277 e. The molecule has 0 aliphatic carbocycles. The number of aliphatic hydroxyl groups excluding tert-OH is 1. The van der Waals surface area contributed by atoms with E-state index in [2.05, 4.69) is 32.4 Å². The number of methoxy groups -OCH3 is 1. The Morgan fingerprint density at radius 1 is 1.29 bits per heavy atom. The van der Waals surface area contributed by atoms with E-state index in [9.17, 15) is 24.8 Å². The summed E-state index contributed by atoms with van der Waals surface area (Å²) in [5.41, 5.74) is 3.94. The molecule has 0 saturated heterocycles. The lowest BCUT2D eigenvalue weighted by Crippen LogP contribution is -2.46. The second-order valence-electron chi connectivity index (χ2n) is 8.33. The first-order valence-corrected chi connectivity index (χ1v) is 12.3. The fraction of sp³-hybridized carbons (Fsp3) is 0.400. The van der Waals surface area contributed by atoms with Gasteiger partial charge < -0.3 is 30.5 Å². The zero-order chi connectivity index (χ0) is 28.1. The summed E-state index contributed by atoms with van der Waals surface area (Å²) in [6.07, 6.45) is 1.39. The maximum atomic E-state index is 12.8. The van der Waals surface area contributed by atoms with E-state index < -0.39 is 11.4 Å². The van der Waals surface area contributed by atoms with Gasteiger partial charge in [0.05, 0.1) is 25.4 Å². The Labute approximate surface area is 223 Å². The second kappa shape index (κ2) is 14.7. The predicted molar refractivity (Wildman–Crippen MR) is 143 cm³/mol. The number of carbonyl (C=O) groups is 2. The van der Waals surface area contributed by atoms with Gasteiger partial charge in [-0.05, 0) is 32.9 Å². The third-order valence-corrected chi connectivity index (χ3v) is 5.73. The number of hydrogen-bond acceptors (Lipinski definition) is 10. The average Bonchev–Trinajstić information content (AvgIpc) is 3.18. The summed E-state index contributed by atoms with van der Waals surface area (Å²) in [6.45, 7) is 5.47. The summed E-state index contributed by atoms with van der Waals surface area (Å²) in [4.78, 5) is 41.5. The number of ether oxygens (including phenoxy) is 2. The lowest BCUT2D eigenvalue weighted by Gasteiger charge is -2.22. The number of aliphatic hydroxyl groups is 1. The fourth-order valence-corrected chi connectivity index (χ4v) is 3.76. The summed E-state index contributed by atoms with van der Waals surface area (Å²) >= 11 is 1.01. The number of rotatable bonds is 12. The normalized spacial score (nSPS) is 10.5. The molecule has 2 heterocycles. The molecule has 0 fully saturated rings. The van der Waals surface area contributed by atoms with Crippen LogP contribution < -0.4 is 30.7 Å². The van der Waals surface area contributed by atoms with Gasteiger partial charge in [-0.1, -0.05) is 28.9 Å². The van der Waals surface area contributed by atoms with Gasteiger partial charge in [0.2, 0.25) is 0 Å². The molecule has 0 radical (unpaired) electrons. The van der Waals surface area contributed by atoms with E-state index in [1.807, 2.05) is 0 Å². The number of nitrogens with one attached hydrogen (secondary N) is 3. The van der Waals surface area contributed by atoms with Gasteiger partial charge >= 0.3 is 0 Å². The highest BCUT2D eigenvalue weighted by atomic mass is 32.1. The van der Waals surface area contributed by atoms with Gasteiger partial charge in [0.15, 0.2) is 5.57 Å². The Bertz CT molecular complexity index is 1440. The van der Waals surface area contributed by atoms with Crippen molar-refractivity contribution in [3.8, 4) is 6.07 Å². The Morgan fingerprint density at radius 3 is 2.68 bits per heavy atom. The molecule has 0 aromatic carbocycles. The Kier molecular flexibility index (Phi) is 11.7. The molecular formula is C25H30N6O6S. The van der Waals surface area contributed by atoms with Gasteiger partial charge in [-0.3, -0.25) is 19.0 Å². The van der Waals surface area contributed by atoms with E-state index in [0.717, 1.165) is 11.3 Å². The largest absolute Gasteiger partial charge is 0.394 e. The molecule has 2 aromatic rings. The minimum Gasteiger partial charge on any atom is -0.394 e. The van der Waals surface area contributed by atoms with Crippen molar-refractivity contribution in [1.29, 1.82) is 5.26 Å². The number of nitriles is 1. The van der Waals surface area contributed by atoms with Crippen LogP contribution in [0, 0.1) is 11.3 Å². The van der Waals surface area contributed by atoms with Gasteiger partial charge in [0.25, 0.3) is 17.4 Å². The van der Waals surface area contributed by atoms with Crippen molar-refractivity contribution in [3.05, 3.63) is 49.5 Å². The Morgan fingerprint density at radius 2 is 2.03 bits per heavy atom. The van der Waals surface area contributed by atoms with Crippen molar-refractivity contribution in [3.63, 3.8) is 0 Å². The fourth-order valence-electron chi connectivity index (χ4n) is 2.78. The SMILES string of the molecule is CCn1c(=C=C(C#N)C(=O)NC(C)(C)CO)sc(=C=CNc2cccc(NC(=O)COCCOC)n2)c1=O. The van der Waals surface area contributed by atoms with Crippen LogP contribution in [0.1, 0.15) is 20.8 Å². The number of carbonyl (C=O) groups excluding carboxylic acids is 2. The van der Waals surface area contributed by atoms with Crippen LogP contribution in [0.3, 0.4) is 0 Å². The third kappa shape index (κ3) is 9.14. The molecule has 12 nitrogen and oxygen atoms in total. The van der Waals surface area contributed by atoms with Gasteiger partial charge in [0, 0.05) is 19.9 Å². The number of anilines is 2. The quantitative estimate of drug-likeness (QED) is 0.159. The van der Waals surface area contributed by atoms with Crippen LogP contribution >= 0.6 is 11.3 Å². The van der Waals surface area contributed by atoms with Crippen LogP contribution in [0.15, 0.2) is 34.8 Å². The molecule has 202 valence electrons. The van der Waals surface area contributed by atoms with Crippen LogP contribution in [0.25, 0.3) is 11.5 Å². The first kappa shape index (κ1) is 30.2. The summed E-state index contributed by atoms with van der Waals surface area (Å²) in [7, 11) is 1.54. The lowest BCUT2D eigenvalue weighted by atomic mass is 10.1. The van der Waals surface area contributed by atoms with Crippen LogP contribution in [-0.4, -0.2) is 65.5 Å². The highest BCUT2D eigenvalue weighted by molar-refractivity contribution is 7.07. The van der Waals surface area contributed by atoms with E-state index >= 15 is 0 Å². The molecule has 0 saturated carbocycles. The zero-order valence-corrected chi connectivity index (χ0v) is 22.4. The van der Waals surface area contributed by atoms with Crippen LogP contribution in [0.2, 0.25) is 0 Å². The van der Waals surface area contributed by atoms with Gasteiger partial charge in [-0.15, -0.1) is 0 Å². The molecule has 38 heavy (non-hydrogen) atoms. The third-order valence-electron chi connectivity index (χ3n) is 4.72. The molecule has 13 heteroatoms. The summed E-state index contributed by atoms with van der Waals surface area (Å²) in [5.74, 6) is -0.377. The molecule has 2 amide bonds. The molecular weight excluding hydrogens is 512 g/mol. The molecule has 4 N–H and O–H groups in total. The summed E-state index contributed by atoms with van der Waals surface area (Å²) in [6, 6.07) is 6.75. The number of hydrogen-bond donors (Lipinski definition) is 4. The van der Waals surface area contributed by atoms with Crippen LogP contribution in [-0.2, 0) is 25.6 Å². The van der Waals surface area contributed by atoms with Crippen molar-refractivity contribution < 1.29 is 24.2 Å². The monoisotopic (exact) mass is 542 g/mol. The molecule has 0 atom stereocenters. The molecule has 2 aromatic heterocycles. The first-order valence-electron chi connectivity index (χ1n) is 11.5. The minimum absolute atomic E-state index is 0.138. The van der Waals surface area contributed by atoms with E-state index in [1.165, 1.54) is 17.9 Å². The van der Waals surface area contributed by atoms with E-state index in [-0.39, 0.29) is 46.0 Å². The standard InChI is InChI=1S/C25H30N6O6S/c1-5-31-22(13-17(14-26)23(34)30-25(2,3)16-32)38-18(24(31)35)9-10-27-19-7-6-8-20(28-19)29-21(33)15-37-12-11-36-4/h6-8,10,32H,5,11-12,15-16H2,1-4H3,(H,30,34)(H2,27,28,29,33). The topological polar surface area (TPSA) is 168 Å². The first-order chi connectivity index (χ1) is 18.1. The van der Waals surface area contributed by atoms with Crippen molar-refractivity contribution in [1.82, 2.24) is 14.9 Å². The molecule has 0 bridgehead atoms. The van der Waals surface area contributed by atoms with E-state index in [4.69, 9.17) is 9.47 Å². The average molecular weight is 543 g/mol. The molecule has 0 spiro atoms. The molecule has 0 unspecified atom stereocenters. The molecule has 0 aliphatic rings. The van der Waals surface area contributed by atoms with Gasteiger partial charge in [0.1, 0.15) is 33.5 Å². The van der Waals surface area contributed by atoms with Crippen molar-refractivity contribution >= 4 is 46.2 Å². The van der Waals surface area contributed by atoms with Crippen LogP contribution in [0.4, 0.5) is 11.6 Å². The lowest BCUT2D eigenvalue weighted by molar-refractivity contribution is -0.121. The van der Waals surface area contributed by atoms with E-state index in [0.29, 0.717) is 24.8 Å². The van der Waals surface area contributed by atoms with Gasteiger partial charge in [-0.25, -0.2) is 4.98 Å². The predicted octanol–water partition coefficient (Wildman–Crippen LogP) is -0.352. The minimum atomic E-state index is -0.930. The number of pyridine rings is 1. The van der Waals surface area contributed by atoms with Crippen molar-refractivity contribution in [2.24, 2.45) is 0 Å². The van der Waals surface area contributed by atoms with Crippen LogP contribution in [0.5, 0.6) is 0 Å². The molecule has 2 rings (SSSR count). The number of amides is 2. The van der Waals surface area contributed by atoms with E-state index in [1.54, 1.807) is 45.0 Å². The Balaban J connectivity index is 2.30. The number of thiazole rings is 1. The number of nitrogens with zero attached hydrogens (tertiary/aromatic N) is 3. The summed E-state index contributed by atoms with van der Waals surface area (Å²) < 4.78 is 11.9. The Hall–Kier alpha value is -4.01. The van der Waals surface area contributed by atoms with Crippen molar-refractivity contribution in [2.45, 2.75) is 32.9 Å². The smallest absolute Gasteiger partial charge is 0.277 e. The zero-order valence-electron chi connectivity index (χ0n) is 21.6. The van der Waals surface area contributed by atoms with Gasteiger partial charge in [-0.2, -0.15) is 5.26 Å². The van der Waals surface area contributed by atoms with Crippen molar-refractivity contribution in [2.75, 3.05) is 44.2 Å². The molecule has 0 aliphatic heterocycles. The highest BCUT2D eigenvalue weighted by Gasteiger charge is 2.21. The summed E-state index contributed by atoms with van der Waals surface area (Å²) in [5, 5.41) is 26.9. The highest BCUT2D eigenvalue weighted by Crippen LogP contribution is 2.09.